The topological polar surface area (TPSA) is 60.2 Å². The Morgan fingerprint density at radius 1 is 1.29 bits per heavy atom. The third kappa shape index (κ3) is 3.45. The second-order valence-electron chi connectivity index (χ2n) is 3.26. The largest absolute Gasteiger partial charge is 0.416 e. The zero-order valence-electron chi connectivity index (χ0n) is 8.34. The molecule has 92 valence electrons. The number of primary amides is 1. The number of alkyl halides is 3. The van der Waals surface area contributed by atoms with Gasteiger partial charge in [-0.3, -0.25) is 9.59 Å². The van der Waals surface area contributed by atoms with Gasteiger partial charge < -0.3 is 5.73 Å². The Hall–Kier alpha value is -1.56. The molecule has 0 bridgehead atoms. The summed E-state index contributed by atoms with van der Waals surface area (Å²) >= 11 is 5.54. The SMILES string of the molecule is NC(=O)CC(=O)c1ccc(C(F)(F)F)cc1Cl. The van der Waals surface area contributed by atoms with E-state index < -0.39 is 29.9 Å². The van der Waals surface area contributed by atoms with Crippen molar-refractivity contribution in [1.82, 2.24) is 0 Å². The van der Waals surface area contributed by atoms with E-state index in [-0.39, 0.29) is 10.6 Å². The predicted molar refractivity (Wildman–Crippen MR) is 54.6 cm³/mol. The van der Waals surface area contributed by atoms with E-state index in [1.54, 1.807) is 0 Å². The standard InChI is InChI=1S/C10H7ClF3NO2/c11-7-3-5(10(12,13)14)1-2-6(7)8(16)4-9(15)17/h1-3H,4H2,(H2,15,17). The molecule has 1 rings (SSSR count). The van der Waals surface area contributed by atoms with Gasteiger partial charge in [0.05, 0.1) is 17.0 Å². The van der Waals surface area contributed by atoms with Gasteiger partial charge in [-0.25, -0.2) is 0 Å². The summed E-state index contributed by atoms with van der Waals surface area (Å²) in [5.74, 6) is -1.58. The van der Waals surface area contributed by atoms with Gasteiger partial charge in [0, 0.05) is 5.56 Å². The summed E-state index contributed by atoms with van der Waals surface area (Å²) in [6, 6.07) is 2.28. The first-order valence-electron chi connectivity index (χ1n) is 4.40. The highest BCUT2D eigenvalue weighted by Crippen LogP contribution is 2.32. The number of rotatable bonds is 3. The summed E-state index contributed by atoms with van der Waals surface area (Å²) in [6.07, 6.45) is -5.13. The zero-order chi connectivity index (χ0) is 13.2. The van der Waals surface area contributed by atoms with Crippen LogP contribution >= 0.6 is 11.6 Å². The summed E-state index contributed by atoms with van der Waals surface area (Å²) in [6.45, 7) is 0. The van der Waals surface area contributed by atoms with Gasteiger partial charge in [0.25, 0.3) is 0 Å². The molecule has 0 spiro atoms. The van der Waals surface area contributed by atoms with E-state index >= 15 is 0 Å². The molecule has 2 N–H and O–H groups in total. The van der Waals surface area contributed by atoms with Gasteiger partial charge in [0.1, 0.15) is 0 Å². The van der Waals surface area contributed by atoms with Crippen molar-refractivity contribution in [2.24, 2.45) is 5.73 Å². The summed E-state index contributed by atoms with van der Waals surface area (Å²) in [7, 11) is 0. The summed E-state index contributed by atoms with van der Waals surface area (Å²) in [5, 5.41) is -0.355. The van der Waals surface area contributed by atoms with E-state index in [1.165, 1.54) is 0 Å². The van der Waals surface area contributed by atoms with Gasteiger partial charge in [-0.2, -0.15) is 13.2 Å². The zero-order valence-corrected chi connectivity index (χ0v) is 9.10. The first-order valence-corrected chi connectivity index (χ1v) is 4.78. The molecular weight excluding hydrogens is 259 g/mol. The van der Waals surface area contributed by atoms with Crippen molar-refractivity contribution >= 4 is 23.3 Å². The Balaban J connectivity index is 3.06. The highest BCUT2D eigenvalue weighted by Gasteiger charge is 2.31. The number of carbonyl (C=O) groups is 2. The molecular formula is C10H7ClF3NO2. The molecule has 0 aromatic heterocycles. The Labute approximate surface area is 99.4 Å². The number of ketones is 1. The Bertz CT molecular complexity index is 471. The highest BCUT2D eigenvalue weighted by atomic mass is 35.5. The first-order chi connectivity index (χ1) is 7.71. The Morgan fingerprint density at radius 2 is 1.88 bits per heavy atom. The van der Waals surface area contributed by atoms with E-state index in [0.29, 0.717) is 6.07 Å². The molecule has 0 atom stereocenters. The molecule has 1 amide bonds. The number of amides is 1. The second kappa shape index (κ2) is 4.75. The quantitative estimate of drug-likeness (QED) is 0.674. The fraction of sp³-hybridized carbons (Fsp3) is 0.200. The van der Waals surface area contributed by atoms with Crippen LogP contribution in [0.5, 0.6) is 0 Å². The van der Waals surface area contributed by atoms with Crippen molar-refractivity contribution in [3.8, 4) is 0 Å². The fourth-order valence-electron chi connectivity index (χ4n) is 1.17. The molecule has 3 nitrogen and oxygen atoms in total. The van der Waals surface area contributed by atoms with Crippen molar-refractivity contribution in [2.45, 2.75) is 12.6 Å². The molecule has 0 unspecified atom stereocenters. The Morgan fingerprint density at radius 3 is 2.29 bits per heavy atom. The van der Waals surface area contributed by atoms with E-state index in [1.807, 2.05) is 0 Å². The van der Waals surface area contributed by atoms with Gasteiger partial charge >= 0.3 is 6.18 Å². The van der Waals surface area contributed by atoms with Crippen molar-refractivity contribution in [1.29, 1.82) is 0 Å². The molecule has 0 fully saturated rings. The van der Waals surface area contributed by atoms with Crippen LogP contribution in [0.4, 0.5) is 13.2 Å². The van der Waals surface area contributed by atoms with Gasteiger partial charge in [0.15, 0.2) is 5.78 Å². The molecule has 0 radical (unpaired) electrons. The predicted octanol–water partition coefficient (Wildman–Crippen LogP) is 2.42. The van der Waals surface area contributed by atoms with Gasteiger partial charge in [-0.1, -0.05) is 11.6 Å². The van der Waals surface area contributed by atoms with Crippen LogP contribution in [0, 0.1) is 0 Å². The maximum atomic E-state index is 12.3. The van der Waals surface area contributed by atoms with Crippen molar-refractivity contribution in [3.63, 3.8) is 0 Å². The van der Waals surface area contributed by atoms with Gasteiger partial charge in [-0.15, -0.1) is 0 Å². The number of Topliss-reactive ketones (excluding diaryl/α,β-unsaturated/α-hetero) is 1. The van der Waals surface area contributed by atoms with Crippen molar-refractivity contribution in [2.75, 3.05) is 0 Å². The minimum absolute atomic E-state index is 0.154. The van der Waals surface area contributed by atoms with Crippen molar-refractivity contribution < 1.29 is 22.8 Å². The molecule has 1 aromatic rings. The van der Waals surface area contributed by atoms with Crippen LogP contribution in [0.2, 0.25) is 5.02 Å². The number of carbonyl (C=O) groups excluding carboxylic acids is 2. The molecule has 7 heteroatoms. The minimum Gasteiger partial charge on any atom is -0.369 e. The van der Waals surface area contributed by atoms with Gasteiger partial charge in [-0.05, 0) is 18.2 Å². The van der Waals surface area contributed by atoms with Crippen LogP contribution in [0.25, 0.3) is 0 Å². The average molecular weight is 266 g/mol. The molecule has 0 aliphatic carbocycles. The number of benzene rings is 1. The third-order valence-electron chi connectivity index (χ3n) is 1.93. The van der Waals surface area contributed by atoms with Crippen LogP contribution in [-0.4, -0.2) is 11.7 Å². The summed E-state index contributed by atoms with van der Waals surface area (Å²) in [4.78, 5) is 21.9. The maximum Gasteiger partial charge on any atom is 0.416 e. The fourth-order valence-corrected chi connectivity index (χ4v) is 1.46. The normalized spacial score (nSPS) is 11.3. The molecule has 0 aliphatic heterocycles. The van der Waals surface area contributed by atoms with E-state index in [0.717, 1.165) is 12.1 Å². The number of hydrogen-bond donors (Lipinski definition) is 1. The lowest BCUT2D eigenvalue weighted by Crippen LogP contribution is -2.16. The van der Waals surface area contributed by atoms with Crippen LogP contribution in [-0.2, 0) is 11.0 Å². The lowest BCUT2D eigenvalue weighted by Gasteiger charge is -2.08. The summed E-state index contributed by atoms with van der Waals surface area (Å²) < 4.78 is 36.9. The number of hydrogen-bond acceptors (Lipinski definition) is 2. The monoisotopic (exact) mass is 265 g/mol. The third-order valence-corrected chi connectivity index (χ3v) is 2.24. The summed E-state index contributed by atoms with van der Waals surface area (Å²) in [5.41, 5.74) is 3.68. The lowest BCUT2D eigenvalue weighted by molar-refractivity contribution is -0.137. The lowest BCUT2D eigenvalue weighted by atomic mass is 10.1. The highest BCUT2D eigenvalue weighted by molar-refractivity contribution is 6.34. The number of halogens is 4. The van der Waals surface area contributed by atoms with Crippen molar-refractivity contribution in [3.05, 3.63) is 34.3 Å². The number of nitrogens with two attached hydrogens (primary N) is 1. The maximum absolute atomic E-state index is 12.3. The average Bonchev–Trinajstić information content (AvgIpc) is 2.14. The van der Waals surface area contributed by atoms with E-state index in [9.17, 15) is 22.8 Å². The Kier molecular flexibility index (Phi) is 3.77. The van der Waals surface area contributed by atoms with Crippen LogP contribution < -0.4 is 5.73 Å². The van der Waals surface area contributed by atoms with Crippen LogP contribution in [0.1, 0.15) is 22.3 Å². The molecule has 1 aromatic carbocycles. The minimum atomic E-state index is -4.53. The van der Waals surface area contributed by atoms with Gasteiger partial charge in [0.2, 0.25) is 5.91 Å². The first kappa shape index (κ1) is 13.5. The van der Waals surface area contributed by atoms with Crippen LogP contribution in [0.15, 0.2) is 18.2 Å². The van der Waals surface area contributed by atoms with E-state index in [4.69, 9.17) is 17.3 Å². The smallest absolute Gasteiger partial charge is 0.369 e. The molecule has 17 heavy (non-hydrogen) atoms. The van der Waals surface area contributed by atoms with E-state index in [2.05, 4.69) is 0 Å². The molecule has 0 saturated heterocycles. The molecule has 0 saturated carbocycles. The second-order valence-corrected chi connectivity index (χ2v) is 3.67. The molecule has 0 heterocycles. The molecule has 0 aliphatic rings. The van der Waals surface area contributed by atoms with Crippen LogP contribution in [0.3, 0.4) is 0 Å².